The molecule has 0 bridgehead atoms. The SMILES string of the molecule is CCC(C)(C)C(OCC(N)COC)C(C)(C)CC. The molecule has 3 heteroatoms. The van der Waals surface area contributed by atoms with E-state index in [0.717, 1.165) is 12.8 Å². The third-order valence-electron chi connectivity index (χ3n) is 4.10. The summed E-state index contributed by atoms with van der Waals surface area (Å²) in [7, 11) is 1.67. The summed E-state index contributed by atoms with van der Waals surface area (Å²) in [6, 6.07) is -0.0437. The molecule has 0 spiro atoms. The summed E-state index contributed by atoms with van der Waals surface area (Å²) in [5, 5.41) is 0. The first kappa shape index (κ1) is 17.9. The number of rotatable bonds is 9. The first-order valence-corrected chi connectivity index (χ1v) is 7.07. The molecular weight excluding hydrogens is 226 g/mol. The second kappa shape index (κ2) is 7.46. The lowest BCUT2D eigenvalue weighted by Gasteiger charge is -2.44. The Kier molecular flexibility index (Phi) is 7.41. The summed E-state index contributed by atoms with van der Waals surface area (Å²) < 4.78 is 11.2. The van der Waals surface area contributed by atoms with Crippen LogP contribution >= 0.6 is 0 Å². The molecule has 0 saturated heterocycles. The molecule has 0 amide bonds. The van der Waals surface area contributed by atoms with Crippen LogP contribution in [0.25, 0.3) is 0 Å². The number of methoxy groups -OCH3 is 1. The maximum atomic E-state index is 6.16. The highest BCUT2D eigenvalue weighted by atomic mass is 16.5. The Bertz CT molecular complexity index is 211. The molecule has 110 valence electrons. The van der Waals surface area contributed by atoms with E-state index in [1.54, 1.807) is 7.11 Å². The Morgan fingerprint density at radius 1 is 0.944 bits per heavy atom. The van der Waals surface area contributed by atoms with Crippen molar-refractivity contribution in [2.24, 2.45) is 16.6 Å². The molecule has 3 nitrogen and oxygen atoms in total. The summed E-state index contributed by atoms with van der Waals surface area (Å²) in [5.41, 5.74) is 6.27. The van der Waals surface area contributed by atoms with Crippen LogP contribution in [0.1, 0.15) is 54.4 Å². The molecule has 0 aliphatic carbocycles. The lowest BCUT2D eigenvalue weighted by atomic mass is 9.69. The molecule has 0 aliphatic rings. The van der Waals surface area contributed by atoms with Gasteiger partial charge in [-0.25, -0.2) is 0 Å². The van der Waals surface area contributed by atoms with E-state index in [0.29, 0.717) is 13.2 Å². The lowest BCUT2D eigenvalue weighted by Crippen LogP contribution is -2.46. The van der Waals surface area contributed by atoms with Crippen molar-refractivity contribution in [3.8, 4) is 0 Å². The van der Waals surface area contributed by atoms with Crippen LogP contribution in [0.2, 0.25) is 0 Å². The highest BCUT2D eigenvalue weighted by Gasteiger charge is 2.39. The third-order valence-corrected chi connectivity index (χ3v) is 4.10. The normalized spacial score (nSPS) is 15.2. The van der Waals surface area contributed by atoms with Crippen molar-refractivity contribution in [1.82, 2.24) is 0 Å². The van der Waals surface area contributed by atoms with Crippen molar-refractivity contribution in [2.45, 2.75) is 66.5 Å². The first-order valence-electron chi connectivity index (χ1n) is 7.07. The number of ether oxygens (including phenoxy) is 2. The summed E-state index contributed by atoms with van der Waals surface area (Å²) in [4.78, 5) is 0. The highest BCUT2D eigenvalue weighted by molar-refractivity contribution is 4.89. The molecule has 0 aromatic carbocycles. The van der Waals surface area contributed by atoms with Crippen molar-refractivity contribution in [3.63, 3.8) is 0 Å². The molecule has 0 aliphatic heterocycles. The fraction of sp³-hybridized carbons (Fsp3) is 1.00. The molecule has 0 saturated carbocycles. The molecule has 1 unspecified atom stereocenters. The van der Waals surface area contributed by atoms with Crippen LogP contribution in [0.3, 0.4) is 0 Å². The molecule has 0 radical (unpaired) electrons. The molecular formula is C15H33NO2. The minimum Gasteiger partial charge on any atom is -0.383 e. The van der Waals surface area contributed by atoms with Crippen LogP contribution in [0.15, 0.2) is 0 Å². The molecule has 0 fully saturated rings. The van der Waals surface area contributed by atoms with Crippen molar-refractivity contribution >= 4 is 0 Å². The van der Waals surface area contributed by atoms with E-state index < -0.39 is 0 Å². The van der Waals surface area contributed by atoms with E-state index in [9.17, 15) is 0 Å². The highest BCUT2D eigenvalue weighted by Crippen LogP contribution is 2.40. The van der Waals surface area contributed by atoms with Gasteiger partial charge in [-0.15, -0.1) is 0 Å². The lowest BCUT2D eigenvalue weighted by molar-refractivity contribution is -0.104. The van der Waals surface area contributed by atoms with Crippen LogP contribution in [-0.2, 0) is 9.47 Å². The van der Waals surface area contributed by atoms with E-state index in [1.807, 2.05) is 0 Å². The maximum Gasteiger partial charge on any atom is 0.0677 e. The van der Waals surface area contributed by atoms with E-state index in [2.05, 4.69) is 41.5 Å². The van der Waals surface area contributed by atoms with Crippen molar-refractivity contribution in [3.05, 3.63) is 0 Å². The van der Waals surface area contributed by atoms with Crippen LogP contribution in [-0.4, -0.2) is 32.5 Å². The molecule has 18 heavy (non-hydrogen) atoms. The maximum absolute atomic E-state index is 6.16. The fourth-order valence-corrected chi connectivity index (χ4v) is 2.36. The Morgan fingerprint density at radius 3 is 1.72 bits per heavy atom. The first-order chi connectivity index (χ1) is 8.21. The standard InChI is InChI=1S/C15H33NO2/c1-8-14(3,4)13(15(5,6)9-2)18-11-12(16)10-17-7/h12-13H,8-11,16H2,1-7H3. The van der Waals surface area contributed by atoms with E-state index in [4.69, 9.17) is 15.2 Å². The minimum absolute atomic E-state index is 0.0437. The van der Waals surface area contributed by atoms with Gasteiger partial charge in [-0.05, 0) is 23.7 Å². The summed E-state index contributed by atoms with van der Waals surface area (Å²) in [6.07, 6.45) is 2.41. The van der Waals surface area contributed by atoms with Gasteiger partial charge in [-0.1, -0.05) is 41.5 Å². The zero-order chi connectivity index (χ0) is 14.4. The average molecular weight is 259 g/mol. The predicted molar refractivity (Wildman–Crippen MR) is 77.7 cm³/mol. The van der Waals surface area contributed by atoms with Gasteiger partial charge in [0.25, 0.3) is 0 Å². The second-order valence-electron chi connectivity index (χ2n) is 6.61. The molecule has 0 aromatic rings. The molecule has 0 aromatic heterocycles. The van der Waals surface area contributed by atoms with Crippen LogP contribution in [0, 0.1) is 10.8 Å². The van der Waals surface area contributed by atoms with Gasteiger partial charge in [0, 0.05) is 7.11 Å². The predicted octanol–water partition coefficient (Wildman–Crippen LogP) is 3.22. The van der Waals surface area contributed by atoms with Crippen LogP contribution < -0.4 is 5.73 Å². The van der Waals surface area contributed by atoms with Crippen LogP contribution in [0.5, 0.6) is 0 Å². The number of hydrogen-bond donors (Lipinski definition) is 1. The summed E-state index contributed by atoms with van der Waals surface area (Å²) in [5.74, 6) is 0. The van der Waals surface area contributed by atoms with Gasteiger partial charge < -0.3 is 15.2 Å². The summed E-state index contributed by atoms with van der Waals surface area (Å²) >= 11 is 0. The fourth-order valence-electron chi connectivity index (χ4n) is 2.36. The van der Waals surface area contributed by atoms with E-state index in [1.165, 1.54) is 0 Å². The van der Waals surface area contributed by atoms with Gasteiger partial charge in [-0.2, -0.15) is 0 Å². The minimum atomic E-state index is -0.0437. The zero-order valence-corrected chi connectivity index (χ0v) is 13.4. The van der Waals surface area contributed by atoms with Gasteiger partial charge in [0.2, 0.25) is 0 Å². The van der Waals surface area contributed by atoms with Crippen molar-refractivity contribution < 1.29 is 9.47 Å². The molecule has 1 atom stereocenters. The smallest absolute Gasteiger partial charge is 0.0677 e. The van der Waals surface area contributed by atoms with Crippen LogP contribution in [0.4, 0.5) is 0 Å². The number of nitrogens with two attached hydrogens (primary N) is 1. The Labute approximate surface area is 113 Å². The quantitative estimate of drug-likeness (QED) is 0.691. The molecule has 2 N–H and O–H groups in total. The number of hydrogen-bond acceptors (Lipinski definition) is 3. The zero-order valence-electron chi connectivity index (χ0n) is 13.4. The van der Waals surface area contributed by atoms with E-state index >= 15 is 0 Å². The van der Waals surface area contributed by atoms with Gasteiger partial charge >= 0.3 is 0 Å². The third kappa shape index (κ3) is 5.25. The molecule has 0 rings (SSSR count). The van der Waals surface area contributed by atoms with Crippen molar-refractivity contribution in [2.75, 3.05) is 20.3 Å². The Hall–Kier alpha value is -0.120. The van der Waals surface area contributed by atoms with Gasteiger partial charge in [0.05, 0.1) is 25.4 Å². The Balaban J connectivity index is 4.70. The average Bonchev–Trinajstić information content (AvgIpc) is 2.29. The van der Waals surface area contributed by atoms with Gasteiger partial charge in [0.15, 0.2) is 0 Å². The second-order valence-corrected chi connectivity index (χ2v) is 6.61. The van der Waals surface area contributed by atoms with Gasteiger partial charge in [-0.3, -0.25) is 0 Å². The molecule has 0 heterocycles. The van der Waals surface area contributed by atoms with Gasteiger partial charge in [0.1, 0.15) is 0 Å². The topological polar surface area (TPSA) is 44.5 Å². The summed E-state index contributed by atoms with van der Waals surface area (Å²) in [6.45, 7) is 14.6. The van der Waals surface area contributed by atoms with E-state index in [-0.39, 0.29) is 23.0 Å². The monoisotopic (exact) mass is 259 g/mol. The van der Waals surface area contributed by atoms with Crippen molar-refractivity contribution in [1.29, 1.82) is 0 Å². The largest absolute Gasteiger partial charge is 0.383 e. The Morgan fingerprint density at radius 2 is 1.39 bits per heavy atom.